The third-order valence-corrected chi connectivity index (χ3v) is 7.36. The number of aliphatic hydroxyl groups excluding tert-OH is 1. The molecule has 0 saturated heterocycles. The first-order valence-corrected chi connectivity index (χ1v) is 12.1. The smallest absolute Gasteiger partial charge is 0.416 e. The number of carboxylic acid groups (broad SMARTS) is 1. The van der Waals surface area contributed by atoms with E-state index in [1.165, 1.54) is 12.1 Å². The largest absolute Gasteiger partial charge is 0.478 e. The number of aliphatic hydroxyl groups is 1. The number of fused-ring (bicyclic) bond motifs is 1. The average Bonchev–Trinajstić information content (AvgIpc) is 3.28. The lowest BCUT2D eigenvalue weighted by Crippen LogP contribution is -2.22. The van der Waals surface area contributed by atoms with Crippen LogP contribution in [0.5, 0.6) is 0 Å². The molecule has 0 spiro atoms. The van der Waals surface area contributed by atoms with Crippen LogP contribution in [0.1, 0.15) is 40.2 Å². The van der Waals surface area contributed by atoms with Crippen molar-refractivity contribution in [3.8, 4) is 22.3 Å². The van der Waals surface area contributed by atoms with E-state index in [0.29, 0.717) is 16.5 Å². The Labute approximate surface area is 212 Å². The Hall–Kier alpha value is -3.68. The van der Waals surface area contributed by atoms with Gasteiger partial charge in [0, 0.05) is 12.6 Å². The quantitative estimate of drug-likeness (QED) is 0.282. The molecule has 0 unspecified atom stereocenters. The van der Waals surface area contributed by atoms with Crippen LogP contribution < -0.4 is 5.73 Å². The molecule has 1 saturated carbocycles. The van der Waals surface area contributed by atoms with Crippen LogP contribution >= 0.6 is 0 Å². The summed E-state index contributed by atoms with van der Waals surface area (Å²) >= 11 is 0. The Kier molecular flexibility index (Phi) is 6.52. The normalized spacial score (nSPS) is 19.9. The molecule has 0 aromatic heterocycles. The number of hydrogen-bond acceptors (Lipinski definition) is 3. The van der Waals surface area contributed by atoms with Gasteiger partial charge in [0.15, 0.2) is 0 Å². The van der Waals surface area contributed by atoms with Gasteiger partial charge in [0.25, 0.3) is 0 Å². The summed E-state index contributed by atoms with van der Waals surface area (Å²) in [5.74, 6) is -0.694. The van der Waals surface area contributed by atoms with Crippen molar-refractivity contribution in [2.24, 2.45) is 11.7 Å². The lowest BCUT2D eigenvalue weighted by atomic mass is 9.90. The maximum Gasteiger partial charge on any atom is 0.416 e. The average molecular weight is 506 g/mol. The molecule has 0 aliphatic heterocycles. The van der Waals surface area contributed by atoms with Gasteiger partial charge in [-0.1, -0.05) is 48.5 Å². The van der Waals surface area contributed by atoms with Crippen molar-refractivity contribution in [3.05, 3.63) is 95.6 Å². The molecule has 5 rings (SSSR count). The molecular formula is C30H26F3NO3. The highest BCUT2D eigenvalue weighted by Gasteiger charge is 2.32. The number of hydrogen-bond donors (Lipinski definition) is 3. The highest BCUT2D eigenvalue weighted by atomic mass is 19.4. The molecule has 4 aromatic carbocycles. The first kappa shape index (κ1) is 25.0. The predicted molar refractivity (Wildman–Crippen MR) is 137 cm³/mol. The van der Waals surface area contributed by atoms with E-state index in [9.17, 15) is 28.2 Å². The number of carboxylic acids is 1. The summed E-state index contributed by atoms with van der Waals surface area (Å²) in [4.78, 5) is 11.9. The Bertz CT molecular complexity index is 1450. The zero-order valence-corrected chi connectivity index (χ0v) is 19.9. The number of nitrogens with two attached hydrogens (primary N) is 1. The van der Waals surface area contributed by atoms with Gasteiger partial charge in [0.05, 0.1) is 11.1 Å². The monoisotopic (exact) mass is 505 g/mol. The van der Waals surface area contributed by atoms with E-state index in [0.717, 1.165) is 47.1 Å². The summed E-state index contributed by atoms with van der Waals surface area (Å²) < 4.78 is 38.8. The van der Waals surface area contributed by atoms with Crippen LogP contribution in [0.2, 0.25) is 0 Å². The molecule has 1 aliphatic rings. The highest BCUT2D eigenvalue weighted by molar-refractivity contribution is 6.04. The van der Waals surface area contributed by atoms with Crippen LogP contribution in [-0.4, -0.2) is 28.8 Å². The predicted octanol–water partition coefficient (Wildman–Crippen LogP) is 6.70. The van der Waals surface area contributed by atoms with Crippen LogP contribution in [0.4, 0.5) is 13.2 Å². The number of rotatable bonds is 5. The van der Waals surface area contributed by atoms with E-state index in [4.69, 9.17) is 5.73 Å². The van der Waals surface area contributed by atoms with E-state index in [1.807, 2.05) is 36.4 Å². The zero-order chi connectivity index (χ0) is 26.3. The summed E-state index contributed by atoms with van der Waals surface area (Å²) in [7, 11) is 0. The fraction of sp³-hybridized carbons (Fsp3) is 0.233. The lowest BCUT2D eigenvalue weighted by Gasteiger charge is -2.17. The van der Waals surface area contributed by atoms with Crippen LogP contribution in [0.3, 0.4) is 0 Å². The van der Waals surface area contributed by atoms with Gasteiger partial charge in [-0.05, 0) is 93.6 Å². The van der Waals surface area contributed by atoms with E-state index in [-0.39, 0.29) is 30.0 Å². The van der Waals surface area contributed by atoms with E-state index >= 15 is 0 Å². The maximum absolute atomic E-state index is 12.9. The fourth-order valence-corrected chi connectivity index (χ4v) is 5.38. The van der Waals surface area contributed by atoms with E-state index in [2.05, 4.69) is 0 Å². The molecule has 1 fully saturated rings. The van der Waals surface area contributed by atoms with Gasteiger partial charge in [-0.2, -0.15) is 13.2 Å². The summed E-state index contributed by atoms with van der Waals surface area (Å²) in [5, 5.41) is 20.8. The standard InChI is InChI=1S/C30H26F3NO3/c31-30(32,33)24-8-5-18(6-9-24)21-7-10-25-22(13-21)14-23(29(36)37)15-26(25)19-1-3-20(4-2-19)27-11-17(16-35)12-28(27)34/h1-10,13-15,17,27-28,35H,11-12,16,34H2,(H,36,37)/t17-,27+,28-/m1/s1. The van der Waals surface area contributed by atoms with E-state index < -0.39 is 17.7 Å². The zero-order valence-electron chi connectivity index (χ0n) is 19.9. The van der Waals surface area contributed by atoms with Crippen LogP contribution in [0.15, 0.2) is 78.9 Å². The highest BCUT2D eigenvalue weighted by Crippen LogP contribution is 2.39. The van der Waals surface area contributed by atoms with Crippen molar-refractivity contribution in [2.75, 3.05) is 6.61 Å². The summed E-state index contributed by atoms with van der Waals surface area (Å²) in [6.45, 7) is 0.130. The van der Waals surface area contributed by atoms with Crippen molar-refractivity contribution in [1.29, 1.82) is 0 Å². The van der Waals surface area contributed by atoms with Crippen LogP contribution in [0, 0.1) is 5.92 Å². The van der Waals surface area contributed by atoms with Gasteiger partial charge in [0.2, 0.25) is 0 Å². The second-order valence-electron chi connectivity index (χ2n) is 9.75. The minimum absolute atomic E-state index is 0.0113. The van der Waals surface area contributed by atoms with E-state index in [1.54, 1.807) is 18.2 Å². The fourth-order valence-electron chi connectivity index (χ4n) is 5.38. The Morgan fingerprint density at radius 1 is 0.865 bits per heavy atom. The van der Waals surface area contributed by atoms with Gasteiger partial charge in [-0.25, -0.2) is 4.79 Å². The minimum atomic E-state index is -4.41. The number of aromatic carboxylic acids is 1. The lowest BCUT2D eigenvalue weighted by molar-refractivity contribution is -0.137. The summed E-state index contributed by atoms with van der Waals surface area (Å²) in [5.41, 5.74) is 9.72. The molecule has 0 bridgehead atoms. The molecule has 190 valence electrons. The van der Waals surface area contributed by atoms with Gasteiger partial charge in [-0.3, -0.25) is 0 Å². The van der Waals surface area contributed by atoms with Gasteiger partial charge in [0.1, 0.15) is 0 Å². The molecule has 0 amide bonds. The Morgan fingerprint density at radius 2 is 1.51 bits per heavy atom. The van der Waals surface area contributed by atoms with Crippen LogP contribution in [-0.2, 0) is 6.18 Å². The second kappa shape index (κ2) is 9.65. The SMILES string of the molecule is N[C@@H]1C[C@H](CO)C[C@H]1c1ccc(-c2cc(C(=O)O)cc3cc(-c4ccc(C(F)(F)F)cc4)ccc23)cc1. The minimum Gasteiger partial charge on any atom is -0.478 e. The number of alkyl halides is 3. The summed E-state index contributed by atoms with van der Waals surface area (Å²) in [6, 6.07) is 21.6. The van der Waals surface area contributed by atoms with Gasteiger partial charge >= 0.3 is 12.1 Å². The van der Waals surface area contributed by atoms with Crippen molar-refractivity contribution in [2.45, 2.75) is 31.0 Å². The third-order valence-electron chi connectivity index (χ3n) is 7.36. The summed E-state index contributed by atoms with van der Waals surface area (Å²) in [6.07, 6.45) is -2.79. The first-order chi connectivity index (χ1) is 17.6. The molecule has 1 aliphatic carbocycles. The van der Waals surface area contributed by atoms with Crippen molar-refractivity contribution in [1.82, 2.24) is 0 Å². The molecule has 4 N–H and O–H groups in total. The Morgan fingerprint density at radius 3 is 2.11 bits per heavy atom. The molecular weight excluding hydrogens is 479 g/mol. The Balaban J connectivity index is 1.53. The van der Waals surface area contributed by atoms with Crippen LogP contribution in [0.25, 0.3) is 33.0 Å². The molecule has 4 nitrogen and oxygen atoms in total. The molecule has 0 radical (unpaired) electrons. The van der Waals surface area contributed by atoms with Crippen molar-refractivity contribution in [3.63, 3.8) is 0 Å². The molecule has 4 aromatic rings. The molecule has 0 heterocycles. The molecule has 37 heavy (non-hydrogen) atoms. The number of benzene rings is 4. The topological polar surface area (TPSA) is 83.5 Å². The van der Waals surface area contributed by atoms with Gasteiger partial charge < -0.3 is 15.9 Å². The third kappa shape index (κ3) is 4.97. The number of halogens is 3. The maximum atomic E-state index is 12.9. The van der Waals surface area contributed by atoms with Crippen molar-refractivity contribution < 1.29 is 28.2 Å². The number of carbonyl (C=O) groups is 1. The molecule has 3 atom stereocenters. The van der Waals surface area contributed by atoms with Gasteiger partial charge in [-0.15, -0.1) is 0 Å². The first-order valence-electron chi connectivity index (χ1n) is 12.1. The van der Waals surface area contributed by atoms with Crippen molar-refractivity contribution >= 4 is 16.7 Å². The second-order valence-corrected chi connectivity index (χ2v) is 9.75. The molecule has 7 heteroatoms.